The number of benzene rings is 1. The van der Waals surface area contributed by atoms with Gasteiger partial charge in [-0.3, -0.25) is 0 Å². The fourth-order valence-electron chi connectivity index (χ4n) is 2.34. The number of rotatable bonds is 7. The van der Waals surface area contributed by atoms with Gasteiger partial charge in [-0.2, -0.15) is 0 Å². The van der Waals surface area contributed by atoms with Crippen LogP contribution < -0.4 is 10.1 Å². The molecule has 0 spiro atoms. The summed E-state index contributed by atoms with van der Waals surface area (Å²) in [5, 5.41) is 4.63. The van der Waals surface area contributed by atoms with Crippen LogP contribution in [0, 0.1) is 6.92 Å². The Balaban J connectivity index is 1.98. The predicted octanol–water partition coefficient (Wildman–Crippen LogP) is 3.70. The van der Waals surface area contributed by atoms with Crippen LogP contribution in [0.4, 0.5) is 0 Å². The molecule has 0 atom stereocenters. The van der Waals surface area contributed by atoms with Crippen molar-refractivity contribution >= 4 is 10.9 Å². The SMILES string of the molecule is CCC(CC)NCCOc1cccc2ccc(C)nc12. The third-order valence-corrected chi connectivity index (χ3v) is 3.60. The van der Waals surface area contributed by atoms with Crippen molar-refractivity contribution < 1.29 is 4.74 Å². The van der Waals surface area contributed by atoms with Crippen LogP contribution in [0.1, 0.15) is 32.4 Å². The highest BCUT2D eigenvalue weighted by Crippen LogP contribution is 2.23. The highest BCUT2D eigenvalue weighted by Gasteiger charge is 2.05. The van der Waals surface area contributed by atoms with E-state index in [0.29, 0.717) is 12.6 Å². The molecule has 3 heteroatoms. The fourth-order valence-corrected chi connectivity index (χ4v) is 2.34. The summed E-state index contributed by atoms with van der Waals surface area (Å²) >= 11 is 0. The normalized spacial score (nSPS) is 11.2. The van der Waals surface area contributed by atoms with Crippen LogP contribution in [0.2, 0.25) is 0 Å². The van der Waals surface area contributed by atoms with Crippen molar-refractivity contribution in [2.45, 2.75) is 39.7 Å². The first kappa shape index (κ1) is 14.8. The maximum atomic E-state index is 5.89. The Morgan fingerprint density at radius 3 is 2.70 bits per heavy atom. The molecule has 0 radical (unpaired) electrons. The molecule has 20 heavy (non-hydrogen) atoms. The van der Waals surface area contributed by atoms with Gasteiger partial charge in [0.15, 0.2) is 0 Å². The molecule has 108 valence electrons. The van der Waals surface area contributed by atoms with E-state index in [4.69, 9.17) is 4.74 Å². The molecule has 0 unspecified atom stereocenters. The Hall–Kier alpha value is -1.61. The second kappa shape index (κ2) is 7.25. The van der Waals surface area contributed by atoms with Crippen molar-refractivity contribution in [3.63, 3.8) is 0 Å². The summed E-state index contributed by atoms with van der Waals surface area (Å²) < 4.78 is 5.89. The first-order valence-electron chi connectivity index (χ1n) is 7.47. The number of nitrogens with one attached hydrogen (secondary N) is 1. The molecule has 0 fully saturated rings. The summed E-state index contributed by atoms with van der Waals surface area (Å²) in [7, 11) is 0. The number of pyridine rings is 1. The van der Waals surface area contributed by atoms with Crippen molar-refractivity contribution in [3.8, 4) is 5.75 Å². The van der Waals surface area contributed by atoms with Gasteiger partial charge in [0.1, 0.15) is 17.9 Å². The molecule has 0 aliphatic rings. The van der Waals surface area contributed by atoms with Gasteiger partial charge < -0.3 is 10.1 Å². The molecule has 1 aromatic heterocycles. The van der Waals surface area contributed by atoms with Crippen LogP contribution in [-0.4, -0.2) is 24.2 Å². The summed E-state index contributed by atoms with van der Waals surface area (Å²) in [5.41, 5.74) is 1.97. The summed E-state index contributed by atoms with van der Waals surface area (Å²) in [5.74, 6) is 0.873. The van der Waals surface area contributed by atoms with Crippen LogP contribution in [0.15, 0.2) is 30.3 Å². The number of aromatic nitrogens is 1. The van der Waals surface area contributed by atoms with Gasteiger partial charge in [0, 0.05) is 23.7 Å². The highest BCUT2D eigenvalue weighted by molar-refractivity contribution is 5.84. The topological polar surface area (TPSA) is 34.1 Å². The third kappa shape index (κ3) is 3.70. The van der Waals surface area contributed by atoms with Crippen LogP contribution in [0.5, 0.6) is 5.75 Å². The van der Waals surface area contributed by atoms with Crippen LogP contribution >= 0.6 is 0 Å². The smallest absolute Gasteiger partial charge is 0.145 e. The van der Waals surface area contributed by atoms with Crippen molar-refractivity contribution in [1.29, 1.82) is 0 Å². The van der Waals surface area contributed by atoms with Gasteiger partial charge in [0.2, 0.25) is 0 Å². The number of aryl methyl sites for hydroxylation is 1. The monoisotopic (exact) mass is 272 g/mol. The average molecular weight is 272 g/mol. The molecule has 3 nitrogen and oxygen atoms in total. The zero-order chi connectivity index (χ0) is 14.4. The van der Waals surface area contributed by atoms with E-state index in [2.05, 4.69) is 36.3 Å². The lowest BCUT2D eigenvalue weighted by molar-refractivity contribution is 0.305. The van der Waals surface area contributed by atoms with Crippen LogP contribution in [0.25, 0.3) is 10.9 Å². The largest absolute Gasteiger partial charge is 0.490 e. The second-order valence-electron chi connectivity index (χ2n) is 5.10. The maximum absolute atomic E-state index is 5.89. The molecule has 2 rings (SSSR count). The van der Waals surface area contributed by atoms with Crippen molar-refractivity contribution in [2.75, 3.05) is 13.2 Å². The quantitative estimate of drug-likeness (QED) is 0.780. The Kier molecular flexibility index (Phi) is 5.36. The van der Waals surface area contributed by atoms with E-state index in [1.807, 2.05) is 25.1 Å². The number of hydrogen-bond acceptors (Lipinski definition) is 3. The second-order valence-corrected chi connectivity index (χ2v) is 5.10. The van der Waals surface area contributed by atoms with E-state index in [-0.39, 0.29) is 0 Å². The first-order chi connectivity index (χ1) is 9.74. The van der Waals surface area contributed by atoms with E-state index in [9.17, 15) is 0 Å². The Labute approximate surface area is 121 Å². The molecule has 0 aliphatic carbocycles. The van der Waals surface area contributed by atoms with E-state index in [0.717, 1.165) is 41.7 Å². The Morgan fingerprint density at radius 1 is 1.15 bits per heavy atom. The minimum Gasteiger partial charge on any atom is -0.490 e. The summed E-state index contributed by atoms with van der Waals surface area (Å²) in [6.45, 7) is 7.96. The van der Waals surface area contributed by atoms with E-state index in [1.165, 1.54) is 0 Å². The van der Waals surface area contributed by atoms with Crippen molar-refractivity contribution in [3.05, 3.63) is 36.0 Å². The lowest BCUT2D eigenvalue weighted by Crippen LogP contribution is -2.31. The van der Waals surface area contributed by atoms with Gasteiger partial charge in [0.25, 0.3) is 0 Å². The molecule has 1 N–H and O–H groups in total. The predicted molar refractivity (Wildman–Crippen MR) is 84.3 cm³/mol. The van der Waals surface area contributed by atoms with Gasteiger partial charge in [-0.05, 0) is 31.9 Å². The zero-order valence-corrected chi connectivity index (χ0v) is 12.6. The molecule has 1 heterocycles. The minimum atomic E-state index is 0.589. The molecule has 2 aromatic rings. The van der Waals surface area contributed by atoms with E-state index in [1.54, 1.807) is 0 Å². The number of fused-ring (bicyclic) bond motifs is 1. The number of ether oxygens (including phenoxy) is 1. The number of nitrogens with zero attached hydrogens (tertiary/aromatic N) is 1. The third-order valence-electron chi connectivity index (χ3n) is 3.60. The molecule has 1 aromatic carbocycles. The maximum Gasteiger partial charge on any atom is 0.145 e. The molecular weight excluding hydrogens is 248 g/mol. The van der Waals surface area contributed by atoms with Crippen LogP contribution in [-0.2, 0) is 0 Å². The van der Waals surface area contributed by atoms with Crippen molar-refractivity contribution in [2.24, 2.45) is 0 Å². The molecule has 0 bridgehead atoms. The number of para-hydroxylation sites is 1. The molecule has 0 amide bonds. The van der Waals surface area contributed by atoms with Gasteiger partial charge in [-0.25, -0.2) is 4.98 Å². The summed E-state index contributed by atoms with van der Waals surface area (Å²) in [4.78, 5) is 4.58. The van der Waals surface area contributed by atoms with Crippen molar-refractivity contribution in [1.82, 2.24) is 10.3 Å². The summed E-state index contributed by atoms with van der Waals surface area (Å²) in [6, 6.07) is 10.8. The average Bonchev–Trinajstić information content (AvgIpc) is 2.47. The van der Waals surface area contributed by atoms with Crippen LogP contribution in [0.3, 0.4) is 0 Å². The van der Waals surface area contributed by atoms with Gasteiger partial charge >= 0.3 is 0 Å². The Morgan fingerprint density at radius 2 is 1.95 bits per heavy atom. The summed E-state index contributed by atoms with van der Waals surface area (Å²) in [6.07, 6.45) is 2.32. The fraction of sp³-hybridized carbons (Fsp3) is 0.471. The van der Waals surface area contributed by atoms with Gasteiger partial charge in [-0.15, -0.1) is 0 Å². The molecule has 0 aliphatic heterocycles. The first-order valence-corrected chi connectivity index (χ1v) is 7.47. The molecule has 0 saturated carbocycles. The van der Waals surface area contributed by atoms with E-state index >= 15 is 0 Å². The van der Waals surface area contributed by atoms with E-state index < -0.39 is 0 Å². The van der Waals surface area contributed by atoms with Gasteiger partial charge in [0.05, 0.1) is 0 Å². The molecule has 0 saturated heterocycles. The zero-order valence-electron chi connectivity index (χ0n) is 12.6. The van der Waals surface area contributed by atoms with Gasteiger partial charge in [-0.1, -0.05) is 32.0 Å². The lowest BCUT2D eigenvalue weighted by atomic mass is 10.2. The Bertz CT molecular complexity index is 550. The molecular formula is C17H24N2O. The standard InChI is InChI=1S/C17H24N2O/c1-4-15(5-2)18-11-12-20-16-8-6-7-14-10-9-13(3)19-17(14)16/h6-10,15,18H,4-5,11-12H2,1-3H3. The highest BCUT2D eigenvalue weighted by atomic mass is 16.5. The lowest BCUT2D eigenvalue weighted by Gasteiger charge is -2.15. The minimum absolute atomic E-state index is 0.589. The number of hydrogen-bond donors (Lipinski definition) is 1.